The van der Waals surface area contributed by atoms with Crippen molar-refractivity contribution < 1.29 is 0 Å². The molecular formula is C22H23N5. The van der Waals surface area contributed by atoms with Crippen LogP contribution in [0.2, 0.25) is 0 Å². The van der Waals surface area contributed by atoms with Gasteiger partial charge in [0.25, 0.3) is 0 Å². The number of aromatic amines is 1. The monoisotopic (exact) mass is 357 g/mol. The molecular weight excluding hydrogens is 334 g/mol. The van der Waals surface area contributed by atoms with Gasteiger partial charge in [-0.15, -0.1) is 0 Å². The number of likely N-dealkylation sites (tertiary alicyclic amines) is 1. The maximum Gasteiger partial charge on any atom is 0.111 e. The van der Waals surface area contributed by atoms with E-state index in [1.54, 1.807) is 0 Å². The Bertz CT molecular complexity index is 1070. The van der Waals surface area contributed by atoms with Crippen LogP contribution in [-0.4, -0.2) is 37.9 Å². The van der Waals surface area contributed by atoms with Crippen molar-refractivity contribution in [1.82, 2.24) is 24.8 Å². The second-order valence-corrected chi connectivity index (χ2v) is 7.46. The molecule has 4 aromatic rings. The van der Waals surface area contributed by atoms with Gasteiger partial charge >= 0.3 is 0 Å². The lowest BCUT2D eigenvalue weighted by Crippen LogP contribution is -2.34. The lowest BCUT2D eigenvalue weighted by Gasteiger charge is -2.31. The molecule has 0 unspecified atom stereocenters. The molecule has 0 amide bonds. The van der Waals surface area contributed by atoms with Crippen molar-refractivity contribution in [2.75, 3.05) is 13.1 Å². The van der Waals surface area contributed by atoms with Crippen LogP contribution in [0.15, 0.2) is 48.5 Å². The van der Waals surface area contributed by atoms with E-state index in [0.29, 0.717) is 5.92 Å². The van der Waals surface area contributed by atoms with E-state index in [1.807, 2.05) is 30.3 Å². The van der Waals surface area contributed by atoms with Gasteiger partial charge in [0.05, 0.1) is 33.5 Å². The van der Waals surface area contributed by atoms with E-state index >= 15 is 0 Å². The first-order chi connectivity index (χ1) is 13.3. The number of nitrogens with zero attached hydrogens (tertiary/aromatic N) is 4. The Morgan fingerprint density at radius 3 is 2.52 bits per heavy atom. The molecule has 0 aliphatic carbocycles. The Morgan fingerprint density at radius 2 is 1.70 bits per heavy atom. The molecule has 136 valence electrons. The molecule has 1 atom stereocenters. The number of piperidine rings is 1. The number of hydrogen-bond acceptors (Lipinski definition) is 4. The van der Waals surface area contributed by atoms with Crippen molar-refractivity contribution in [3.8, 4) is 0 Å². The number of imidazole rings is 1. The lowest BCUT2D eigenvalue weighted by molar-refractivity contribution is 0.194. The molecule has 1 aliphatic heterocycles. The normalized spacial score (nSPS) is 18.3. The summed E-state index contributed by atoms with van der Waals surface area (Å²) in [5.41, 5.74) is 6.24. The fraction of sp³-hybridized carbons (Fsp3) is 0.318. The highest BCUT2D eigenvalue weighted by Gasteiger charge is 2.24. The van der Waals surface area contributed by atoms with Gasteiger partial charge in [0.15, 0.2) is 0 Å². The molecule has 3 heterocycles. The molecule has 0 radical (unpaired) electrons. The van der Waals surface area contributed by atoms with Gasteiger partial charge in [0.1, 0.15) is 5.82 Å². The summed E-state index contributed by atoms with van der Waals surface area (Å²) in [5.74, 6) is 1.56. The Labute approximate surface area is 158 Å². The summed E-state index contributed by atoms with van der Waals surface area (Å²) < 4.78 is 0. The summed E-state index contributed by atoms with van der Waals surface area (Å²) in [6, 6.07) is 16.4. The second-order valence-electron chi connectivity index (χ2n) is 7.46. The Hall–Kier alpha value is -2.79. The minimum atomic E-state index is 0.444. The van der Waals surface area contributed by atoms with Crippen molar-refractivity contribution >= 4 is 22.1 Å². The van der Waals surface area contributed by atoms with Gasteiger partial charge in [-0.2, -0.15) is 0 Å². The van der Waals surface area contributed by atoms with Gasteiger partial charge in [-0.3, -0.25) is 4.90 Å². The maximum atomic E-state index is 4.87. The minimum Gasteiger partial charge on any atom is -0.342 e. The molecule has 0 saturated carbocycles. The third kappa shape index (κ3) is 3.19. The van der Waals surface area contributed by atoms with E-state index in [4.69, 9.17) is 15.0 Å². The molecule has 0 bridgehead atoms. The van der Waals surface area contributed by atoms with E-state index in [9.17, 15) is 0 Å². The van der Waals surface area contributed by atoms with Gasteiger partial charge in [-0.1, -0.05) is 24.3 Å². The second kappa shape index (κ2) is 6.74. The minimum absolute atomic E-state index is 0.444. The van der Waals surface area contributed by atoms with Crippen LogP contribution in [0.3, 0.4) is 0 Å². The smallest absolute Gasteiger partial charge is 0.111 e. The fourth-order valence-electron chi connectivity index (χ4n) is 4.07. The quantitative estimate of drug-likeness (QED) is 0.597. The number of H-pyrrole nitrogens is 1. The van der Waals surface area contributed by atoms with Crippen LogP contribution < -0.4 is 0 Å². The molecule has 1 fully saturated rings. The van der Waals surface area contributed by atoms with E-state index in [0.717, 1.165) is 58.9 Å². The Morgan fingerprint density at radius 1 is 0.963 bits per heavy atom. The third-order valence-corrected chi connectivity index (χ3v) is 5.52. The van der Waals surface area contributed by atoms with Crippen LogP contribution in [0.25, 0.3) is 22.1 Å². The van der Waals surface area contributed by atoms with Crippen LogP contribution >= 0.6 is 0 Å². The van der Waals surface area contributed by atoms with Crippen LogP contribution in [-0.2, 0) is 6.54 Å². The molecule has 1 N–H and O–H groups in total. The number of aromatic nitrogens is 4. The highest BCUT2D eigenvalue weighted by molar-refractivity contribution is 5.75. The van der Waals surface area contributed by atoms with Crippen molar-refractivity contribution in [1.29, 1.82) is 0 Å². The molecule has 1 aliphatic rings. The van der Waals surface area contributed by atoms with Gasteiger partial charge in [-0.05, 0) is 50.6 Å². The lowest BCUT2D eigenvalue weighted by atomic mass is 9.97. The third-order valence-electron chi connectivity index (χ3n) is 5.52. The van der Waals surface area contributed by atoms with Crippen molar-refractivity contribution in [3.63, 3.8) is 0 Å². The molecule has 0 spiro atoms. The van der Waals surface area contributed by atoms with E-state index < -0.39 is 0 Å². The molecule has 2 aromatic heterocycles. The average Bonchev–Trinajstić information content (AvgIpc) is 3.13. The number of benzene rings is 2. The standard InChI is InChI=1S/C22H23N5/c1-15-21(24-18-9-3-2-8-17(18)23-15)14-27-12-6-7-16(13-27)22-25-19-10-4-5-11-20(19)26-22/h2-5,8-11,16H,6-7,12-14H2,1H3,(H,25,26)/t16-/m1/s1. The van der Waals surface area contributed by atoms with Gasteiger partial charge < -0.3 is 4.98 Å². The number of fused-ring (bicyclic) bond motifs is 2. The van der Waals surface area contributed by atoms with Crippen LogP contribution in [0.1, 0.15) is 36.0 Å². The first-order valence-corrected chi connectivity index (χ1v) is 9.65. The SMILES string of the molecule is Cc1nc2ccccc2nc1CN1CCC[C@@H](c2nc3ccccc3[nH]2)C1. The van der Waals surface area contributed by atoms with Gasteiger partial charge in [0.2, 0.25) is 0 Å². The van der Waals surface area contributed by atoms with Gasteiger partial charge in [-0.25, -0.2) is 15.0 Å². The fourth-order valence-corrected chi connectivity index (χ4v) is 4.07. The average molecular weight is 357 g/mol. The summed E-state index contributed by atoms with van der Waals surface area (Å²) in [4.78, 5) is 20.5. The topological polar surface area (TPSA) is 57.7 Å². The highest BCUT2D eigenvalue weighted by atomic mass is 15.1. The summed E-state index contributed by atoms with van der Waals surface area (Å²) in [6.07, 6.45) is 2.36. The number of para-hydroxylation sites is 4. The number of hydrogen-bond donors (Lipinski definition) is 1. The van der Waals surface area contributed by atoms with Crippen LogP contribution in [0.4, 0.5) is 0 Å². The number of rotatable bonds is 3. The molecule has 2 aromatic carbocycles. The molecule has 5 heteroatoms. The largest absolute Gasteiger partial charge is 0.342 e. The first kappa shape index (κ1) is 16.4. The van der Waals surface area contributed by atoms with Crippen molar-refractivity contribution in [2.45, 2.75) is 32.2 Å². The Balaban J connectivity index is 1.37. The van der Waals surface area contributed by atoms with Crippen LogP contribution in [0, 0.1) is 6.92 Å². The zero-order valence-electron chi connectivity index (χ0n) is 15.5. The molecule has 1 saturated heterocycles. The predicted octanol–water partition coefficient (Wildman–Crippen LogP) is 4.19. The number of nitrogens with one attached hydrogen (secondary N) is 1. The van der Waals surface area contributed by atoms with Crippen LogP contribution in [0.5, 0.6) is 0 Å². The summed E-state index contributed by atoms with van der Waals surface area (Å²) >= 11 is 0. The molecule has 27 heavy (non-hydrogen) atoms. The van der Waals surface area contributed by atoms with E-state index in [1.165, 1.54) is 12.8 Å². The zero-order valence-corrected chi connectivity index (χ0v) is 15.5. The van der Waals surface area contributed by atoms with E-state index in [2.05, 4.69) is 35.0 Å². The molecule has 5 rings (SSSR count). The number of aryl methyl sites for hydroxylation is 1. The first-order valence-electron chi connectivity index (χ1n) is 9.65. The Kier molecular flexibility index (Phi) is 4.09. The summed E-state index contributed by atoms with van der Waals surface area (Å²) in [7, 11) is 0. The van der Waals surface area contributed by atoms with Crippen molar-refractivity contribution in [3.05, 3.63) is 65.7 Å². The summed E-state index contributed by atoms with van der Waals surface area (Å²) in [5, 5.41) is 0. The zero-order chi connectivity index (χ0) is 18.2. The molecule has 5 nitrogen and oxygen atoms in total. The summed E-state index contributed by atoms with van der Waals surface area (Å²) in [6.45, 7) is 5.02. The predicted molar refractivity (Wildman–Crippen MR) is 108 cm³/mol. The highest BCUT2D eigenvalue weighted by Crippen LogP contribution is 2.27. The van der Waals surface area contributed by atoms with Gasteiger partial charge in [0, 0.05) is 19.0 Å². The van der Waals surface area contributed by atoms with Crippen molar-refractivity contribution in [2.24, 2.45) is 0 Å². The maximum absolute atomic E-state index is 4.87. The van der Waals surface area contributed by atoms with E-state index in [-0.39, 0.29) is 0 Å².